The van der Waals surface area contributed by atoms with Gasteiger partial charge in [-0.25, -0.2) is 4.79 Å². The molecule has 0 unspecified atom stereocenters. The van der Waals surface area contributed by atoms with Crippen molar-refractivity contribution in [3.8, 4) is 0 Å². The van der Waals surface area contributed by atoms with Gasteiger partial charge in [-0.2, -0.15) is 8.42 Å². The smallest absolute Gasteiger partial charge is 0.334 e. The predicted octanol–water partition coefficient (Wildman–Crippen LogP) is 2.72. The number of carboxylic acids is 1. The predicted molar refractivity (Wildman–Crippen MR) is 84.0 cm³/mol. The molecule has 0 radical (unpaired) electrons. The molecule has 1 aliphatic carbocycles. The summed E-state index contributed by atoms with van der Waals surface area (Å²) in [7, 11) is -4.30. The van der Waals surface area contributed by atoms with E-state index in [1.54, 1.807) is 0 Å². The van der Waals surface area contributed by atoms with Gasteiger partial charge in [0.25, 0.3) is 15.8 Å². The van der Waals surface area contributed by atoms with Gasteiger partial charge in [-0.3, -0.25) is 14.3 Å². The van der Waals surface area contributed by atoms with Crippen LogP contribution in [0.5, 0.6) is 0 Å². The second kappa shape index (κ2) is 7.71. The van der Waals surface area contributed by atoms with Crippen LogP contribution >= 0.6 is 0 Å². The highest BCUT2D eigenvalue weighted by Gasteiger charge is 2.30. The van der Waals surface area contributed by atoms with Gasteiger partial charge >= 0.3 is 5.97 Å². The summed E-state index contributed by atoms with van der Waals surface area (Å²) in [5, 5.41) is 19.8. The Labute approximate surface area is 139 Å². The molecule has 1 N–H and O–H groups in total. The molecule has 0 aliphatic heterocycles. The minimum atomic E-state index is -4.30. The number of hydrogen-bond donors (Lipinski definition) is 1. The molecule has 0 bridgehead atoms. The third kappa shape index (κ3) is 4.75. The third-order valence-corrected chi connectivity index (χ3v) is 5.46. The zero-order chi connectivity index (χ0) is 17.7. The molecule has 1 atom stereocenters. The Balaban J connectivity index is 2.11. The lowest BCUT2D eigenvalue weighted by Crippen LogP contribution is -2.30. The van der Waals surface area contributed by atoms with Gasteiger partial charge in [-0.05, 0) is 24.5 Å². The van der Waals surface area contributed by atoms with Crippen molar-refractivity contribution in [1.29, 1.82) is 0 Å². The summed E-state index contributed by atoms with van der Waals surface area (Å²) >= 11 is 0. The van der Waals surface area contributed by atoms with E-state index < -0.39 is 27.1 Å². The van der Waals surface area contributed by atoms with Gasteiger partial charge in [0.2, 0.25) is 0 Å². The fraction of sp³-hybridized carbons (Fsp3) is 0.533. The number of aliphatic carboxylic acids is 1. The molecular formula is C15H19NO7S. The van der Waals surface area contributed by atoms with Gasteiger partial charge < -0.3 is 5.11 Å². The fourth-order valence-corrected chi connectivity index (χ4v) is 3.90. The van der Waals surface area contributed by atoms with Crippen LogP contribution in [0.25, 0.3) is 0 Å². The summed E-state index contributed by atoms with van der Waals surface area (Å²) in [6.07, 6.45) is 3.54. The number of nitro groups is 1. The molecule has 0 saturated heterocycles. The van der Waals surface area contributed by atoms with Crippen molar-refractivity contribution in [2.45, 2.75) is 49.5 Å². The van der Waals surface area contributed by atoms with Crippen molar-refractivity contribution >= 4 is 21.8 Å². The molecule has 0 heterocycles. The lowest BCUT2D eigenvalue weighted by molar-refractivity contribution is -0.384. The summed E-state index contributed by atoms with van der Waals surface area (Å²) in [6.45, 7) is 0. The molecular weight excluding hydrogens is 338 g/mol. The van der Waals surface area contributed by atoms with Crippen LogP contribution in [0.4, 0.5) is 5.69 Å². The molecule has 1 saturated carbocycles. The number of carbonyl (C=O) groups is 1. The van der Waals surface area contributed by atoms with E-state index in [4.69, 9.17) is 4.18 Å². The van der Waals surface area contributed by atoms with Crippen molar-refractivity contribution in [1.82, 2.24) is 0 Å². The average Bonchev–Trinajstić information content (AvgIpc) is 2.55. The SMILES string of the molecule is O=C(O)[C@@H](CC1CCCCC1)OS(=O)(=O)c1ccc([N+](=O)[O-])cc1. The average molecular weight is 357 g/mol. The second-order valence-corrected chi connectivity index (χ2v) is 7.44. The van der Waals surface area contributed by atoms with Gasteiger partial charge in [-0.15, -0.1) is 0 Å². The normalized spacial score (nSPS) is 17.3. The molecule has 1 aromatic rings. The number of nitrogens with zero attached hydrogens (tertiary/aromatic N) is 1. The molecule has 24 heavy (non-hydrogen) atoms. The molecule has 132 valence electrons. The first-order chi connectivity index (χ1) is 11.3. The summed E-state index contributed by atoms with van der Waals surface area (Å²) in [6, 6.07) is 4.14. The van der Waals surface area contributed by atoms with Gasteiger partial charge in [-0.1, -0.05) is 32.1 Å². The van der Waals surface area contributed by atoms with E-state index in [-0.39, 0.29) is 22.9 Å². The number of non-ortho nitro benzene ring substituents is 1. The van der Waals surface area contributed by atoms with E-state index in [9.17, 15) is 28.4 Å². The summed E-state index contributed by atoms with van der Waals surface area (Å²) < 4.78 is 29.3. The van der Waals surface area contributed by atoms with Crippen LogP contribution in [0, 0.1) is 16.0 Å². The molecule has 2 rings (SSSR count). The topological polar surface area (TPSA) is 124 Å². The number of nitro benzene ring substituents is 1. The molecule has 1 aliphatic rings. The zero-order valence-electron chi connectivity index (χ0n) is 13.0. The molecule has 1 fully saturated rings. The Morgan fingerprint density at radius 3 is 2.33 bits per heavy atom. The van der Waals surface area contributed by atoms with Gasteiger partial charge in [0.1, 0.15) is 0 Å². The monoisotopic (exact) mass is 357 g/mol. The standard InChI is InChI=1S/C15H19NO7S/c17-15(18)14(10-11-4-2-1-3-5-11)23-24(21,22)13-8-6-12(7-9-13)16(19)20/h6-9,11,14H,1-5,10H2,(H,17,18)/t14-/m1/s1. The van der Waals surface area contributed by atoms with Crippen LogP contribution < -0.4 is 0 Å². The quantitative estimate of drug-likeness (QED) is 0.452. The number of rotatable bonds is 7. The minimum Gasteiger partial charge on any atom is -0.479 e. The highest BCUT2D eigenvalue weighted by molar-refractivity contribution is 7.86. The Morgan fingerprint density at radius 1 is 1.25 bits per heavy atom. The van der Waals surface area contributed by atoms with Crippen molar-refractivity contribution in [3.05, 3.63) is 34.4 Å². The van der Waals surface area contributed by atoms with E-state index in [0.29, 0.717) is 0 Å². The number of hydrogen-bond acceptors (Lipinski definition) is 6. The molecule has 9 heteroatoms. The van der Waals surface area contributed by atoms with Crippen molar-refractivity contribution in [2.75, 3.05) is 0 Å². The maximum absolute atomic E-state index is 12.2. The summed E-state index contributed by atoms with van der Waals surface area (Å²) in [5.74, 6) is -1.20. The zero-order valence-corrected chi connectivity index (χ0v) is 13.8. The highest BCUT2D eigenvalue weighted by atomic mass is 32.2. The summed E-state index contributed by atoms with van der Waals surface area (Å²) in [5.41, 5.74) is -0.258. The van der Waals surface area contributed by atoms with Crippen molar-refractivity contribution < 1.29 is 27.4 Å². The Morgan fingerprint density at radius 2 is 1.83 bits per heavy atom. The van der Waals surface area contributed by atoms with E-state index >= 15 is 0 Å². The van der Waals surface area contributed by atoms with E-state index in [0.717, 1.165) is 56.4 Å². The molecule has 8 nitrogen and oxygen atoms in total. The largest absolute Gasteiger partial charge is 0.479 e. The van der Waals surface area contributed by atoms with Crippen molar-refractivity contribution in [3.63, 3.8) is 0 Å². The van der Waals surface area contributed by atoms with Crippen LogP contribution in [0.2, 0.25) is 0 Å². The number of carboxylic acid groups (broad SMARTS) is 1. The van der Waals surface area contributed by atoms with E-state index in [2.05, 4.69) is 0 Å². The van der Waals surface area contributed by atoms with E-state index in [1.165, 1.54) is 0 Å². The maximum Gasteiger partial charge on any atom is 0.334 e. The first-order valence-corrected chi connectivity index (χ1v) is 9.11. The van der Waals surface area contributed by atoms with Crippen LogP contribution in [0.1, 0.15) is 38.5 Å². The fourth-order valence-electron chi connectivity index (χ4n) is 2.85. The Kier molecular flexibility index (Phi) is 5.89. The van der Waals surface area contributed by atoms with Crippen LogP contribution in [0.15, 0.2) is 29.2 Å². The van der Waals surface area contributed by atoms with Gasteiger partial charge in [0.05, 0.1) is 9.82 Å². The summed E-state index contributed by atoms with van der Waals surface area (Å²) in [4.78, 5) is 21.0. The van der Waals surface area contributed by atoms with Crippen molar-refractivity contribution in [2.24, 2.45) is 5.92 Å². The first-order valence-electron chi connectivity index (χ1n) is 7.70. The third-order valence-electron chi connectivity index (χ3n) is 4.13. The second-order valence-electron chi connectivity index (χ2n) is 5.87. The molecule has 0 spiro atoms. The molecule has 0 amide bonds. The Bertz CT molecular complexity index is 693. The number of benzene rings is 1. The van der Waals surface area contributed by atoms with Crippen LogP contribution in [-0.4, -0.2) is 30.5 Å². The highest BCUT2D eigenvalue weighted by Crippen LogP contribution is 2.29. The minimum absolute atomic E-state index is 0.131. The maximum atomic E-state index is 12.2. The van der Waals surface area contributed by atoms with Gasteiger partial charge in [0.15, 0.2) is 6.10 Å². The van der Waals surface area contributed by atoms with E-state index in [1.807, 2.05) is 0 Å². The lowest BCUT2D eigenvalue weighted by atomic mass is 9.85. The molecule has 0 aromatic heterocycles. The van der Waals surface area contributed by atoms with Gasteiger partial charge in [0, 0.05) is 12.1 Å². The molecule has 1 aromatic carbocycles. The van der Waals surface area contributed by atoms with Crippen LogP contribution in [-0.2, 0) is 19.1 Å². The lowest BCUT2D eigenvalue weighted by Gasteiger charge is -2.24. The first kappa shape index (κ1) is 18.3. The Hall–Kier alpha value is -2.00. The van der Waals surface area contributed by atoms with Crippen LogP contribution in [0.3, 0.4) is 0 Å².